The Morgan fingerprint density at radius 3 is 1.89 bits per heavy atom. The van der Waals surface area contributed by atoms with Gasteiger partial charge >= 0.3 is 0 Å². The lowest BCUT2D eigenvalue weighted by Gasteiger charge is -2.28. The number of carbonyl (C=O) groups excluding carboxylic acids is 1. The number of carbonyl (C=O) groups is 1. The number of hydrogen-bond donors (Lipinski definition) is 0. The van der Waals surface area contributed by atoms with Gasteiger partial charge in [0.1, 0.15) is 0 Å². The Morgan fingerprint density at radius 2 is 1.36 bits per heavy atom. The van der Waals surface area contributed by atoms with Gasteiger partial charge in [0.25, 0.3) is 0 Å². The molecule has 0 heterocycles. The van der Waals surface area contributed by atoms with Gasteiger partial charge in [0, 0.05) is 12.0 Å². The van der Waals surface area contributed by atoms with Crippen LogP contribution >= 0.6 is 6.89 Å². The van der Waals surface area contributed by atoms with Crippen molar-refractivity contribution in [2.75, 3.05) is 0 Å². The zero-order valence-electron chi connectivity index (χ0n) is 16.8. The molecule has 0 N–H and O–H groups in total. The van der Waals surface area contributed by atoms with E-state index in [1.165, 1.54) is 10.6 Å². The summed E-state index contributed by atoms with van der Waals surface area (Å²) in [5.41, 5.74) is 0.835. The van der Waals surface area contributed by atoms with E-state index in [0.717, 1.165) is 23.7 Å². The molecule has 0 aromatic heterocycles. The molecule has 28 heavy (non-hydrogen) atoms. The molecule has 0 aliphatic carbocycles. The molecular weight excluding hydrogens is 359 g/mol. The van der Waals surface area contributed by atoms with Gasteiger partial charge in [-0.1, -0.05) is 111 Å². The zero-order chi connectivity index (χ0) is 20.0. The summed E-state index contributed by atoms with van der Waals surface area (Å²) in [6.07, 6.45) is 7.43. The molecule has 1 nitrogen and oxygen atoms in total. The fourth-order valence-corrected chi connectivity index (χ4v) is 6.72. The smallest absolute Gasteiger partial charge is 0.163 e. The summed E-state index contributed by atoms with van der Waals surface area (Å²) in [5, 5.41) is 3.48. The van der Waals surface area contributed by atoms with Crippen LogP contribution in [0.4, 0.5) is 0 Å². The molecule has 0 amide bonds. The van der Waals surface area contributed by atoms with E-state index in [0.29, 0.717) is 12.3 Å². The van der Waals surface area contributed by atoms with Gasteiger partial charge in [-0.3, -0.25) is 4.79 Å². The highest BCUT2D eigenvalue weighted by Gasteiger charge is 2.26. The van der Waals surface area contributed by atoms with Gasteiger partial charge in [0.15, 0.2) is 5.78 Å². The normalized spacial score (nSPS) is 12.5. The van der Waals surface area contributed by atoms with Crippen LogP contribution in [0, 0.1) is 5.92 Å². The lowest BCUT2D eigenvalue weighted by atomic mass is 9.98. The highest BCUT2D eigenvalue weighted by molar-refractivity contribution is 7.93. The van der Waals surface area contributed by atoms with Gasteiger partial charge < -0.3 is 0 Å². The van der Waals surface area contributed by atoms with Crippen molar-refractivity contribution in [3.05, 3.63) is 90.5 Å². The molecule has 3 rings (SSSR count). The Hall–Kier alpha value is -2.37. The summed E-state index contributed by atoms with van der Waals surface area (Å²) in [4.78, 5) is 13.2. The Balaban J connectivity index is 2.13. The molecule has 0 saturated carbocycles. The molecule has 0 fully saturated rings. The summed E-state index contributed by atoms with van der Waals surface area (Å²) in [7, 11) is 0. The standard InChI is InChI=1S/C26H29OP/c1-4-21(2)19-20-25(27)24-17-11-12-18-26(24)28(3,22-13-7-5-8-14-22)23-15-9-6-10-16-23/h5-18,21H,3-4,19-20H2,1-2H3. The first-order valence-corrected chi connectivity index (χ1v) is 12.0. The first kappa shape index (κ1) is 20.4. The number of Topliss-reactive ketones (excluding diaryl/α,β-unsaturated/α-hetero) is 1. The molecule has 3 aromatic rings. The van der Waals surface area contributed by atoms with Crippen LogP contribution in [-0.4, -0.2) is 12.1 Å². The predicted octanol–water partition coefficient (Wildman–Crippen LogP) is 5.42. The van der Waals surface area contributed by atoms with E-state index in [1.807, 2.05) is 30.3 Å². The van der Waals surface area contributed by atoms with E-state index in [1.54, 1.807) is 0 Å². The Kier molecular flexibility index (Phi) is 6.70. The first-order valence-electron chi connectivity index (χ1n) is 10.0. The van der Waals surface area contributed by atoms with E-state index in [9.17, 15) is 4.79 Å². The fourth-order valence-electron chi connectivity index (χ4n) is 3.55. The summed E-state index contributed by atoms with van der Waals surface area (Å²) in [5.74, 6) is 0.800. The van der Waals surface area contributed by atoms with Crippen molar-refractivity contribution < 1.29 is 4.79 Å². The molecule has 1 unspecified atom stereocenters. The molecule has 1 atom stereocenters. The Bertz CT molecular complexity index is 916. The van der Waals surface area contributed by atoms with Gasteiger partial charge in [-0.05, 0) is 35.1 Å². The second kappa shape index (κ2) is 9.22. The second-order valence-electron chi connectivity index (χ2n) is 7.47. The summed E-state index contributed by atoms with van der Waals surface area (Å²) >= 11 is 0. The topological polar surface area (TPSA) is 17.1 Å². The molecule has 0 spiro atoms. The second-order valence-corrected chi connectivity index (χ2v) is 10.6. The third-order valence-corrected chi connectivity index (χ3v) is 9.14. The molecular formula is C26H29OP. The summed E-state index contributed by atoms with van der Waals surface area (Å²) < 4.78 is 0. The van der Waals surface area contributed by atoms with Crippen molar-refractivity contribution in [2.45, 2.75) is 33.1 Å². The lowest BCUT2D eigenvalue weighted by molar-refractivity contribution is 0.0975. The van der Waals surface area contributed by atoms with E-state index in [4.69, 9.17) is 6.30 Å². The molecule has 0 aliphatic heterocycles. The summed E-state index contributed by atoms with van der Waals surface area (Å²) in [6, 6.07) is 29.0. The Labute approximate surface area is 169 Å². The van der Waals surface area contributed by atoms with Crippen molar-refractivity contribution in [1.82, 2.24) is 0 Å². The van der Waals surface area contributed by atoms with Crippen molar-refractivity contribution in [3.63, 3.8) is 0 Å². The molecule has 0 saturated heterocycles. The van der Waals surface area contributed by atoms with Crippen LogP contribution in [0.15, 0.2) is 84.9 Å². The maximum atomic E-state index is 13.2. The molecule has 3 aromatic carbocycles. The quantitative estimate of drug-likeness (QED) is 0.372. The number of rotatable bonds is 8. The molecule has 0 bridgehead atoms. The van der Waals surface area contributed by atoms with Crippen molar-refractivity contribution >= 4 is 34.9 Å². The van der Waals surface area contributed by atoms with Crippen molar-refractivity contribution in [1.29, 1.82) is 0 Å². The van der Waals surface area contributed by atoms with Crippen LogP contribution < -0.4 is 15.9 Å². The molecule has 0 radical (unpaired) electrons. The number of benzene rings is 3. The van der Waals surface area contributed by atoms with Crippen LogP contribution in [0.3, 0.4) is 0 Å². The van der Waals surface area contributed by atoms with Gasteiger partial charge in [-0.25, -0.2) is 0 Å². The van der Waals surface area contributed by atoms with Gasteiger partial charge in [0.2, 0.25) is 0 Å². The van der Waals surface area contributed by atoms with Crippen molar-refractivity contribution in [2.24, 2.45) is 5.92 Å². The third-order valence-electron chi connectivity index (χ3n) is 5.57. The number of ketones is 1. The number of hydrogen-bond acceptors (Lipinski definition) is 1. The molecule has 2 heteroatoms. The monoisotopic (exact) mass is 388 g/mol. The SMILES string of the molecule is C=P(c1ccccc1)(c1ccccc1)c1ccccc1C(=O)CCC(C)CC. The minimum absolute atomic E-state index is 0.232. The highest BCUT2D eigenvalue weighted by Crippen LogP contribution is 2.42. The van der Waals surface area contributed by atoms with Crippen LogP contribution in [0.25, 0.3) is 0 Å². The maximum Gasteiger partial charge on any atom is 0.163 e. The minimum atomic E-state index is -2.14. The molecule has 144 valence electrons. The average Bonchev–Trinajstić information content (AvgIpc) is 2.77. The third kappa shape index (κ3) is 4.21. The van der Waals surface area contributed by atoms with Crippen LogP contribution in [0.2, 0.25) is 0 Å². The van der Waals surface area contributed by atoms with Gasteiger partial charge in [-0.15, -0.1) is 0 Å². The lowest BCUT2D eigenvalue weighted by Crippen LogP contribution is -2.29. The minimum Gasteiger partial charge on any atom is -0.294 e. The van der Waals surface area contributed by atoms with Crippen LogP contribution in [0.1, 0.15) is 43.5 Å². The van der Waals surface area contributed by atoms with Crippen molar-refractivity contribution in [3.8, 4) is 0 Å². The van der Waals surface area contributed by atoms with Gasteiger partial charge in [-0.2, -0.15) is 0 Å². The Morgan fingerprint density at radius 1 is 0.857 bits per heavy atom. The van der Waals surface area contributed by atoms with E-state index >= 15 is 0 Å². The predicted molar refractivity (Wildman–Crippen MR) is 125 cm³/mol. The largest absolute Gasteiger partial charge is 0.294 e. The summed E-state index contributed by atoms with van der Waals surface area (Å²) in [6.45, 7) is 2.25. The van der Waals surface area contributed by atoms with E-state index < -0.39 is 6.89 Å². The van der Waals surface area contributed by atoms with E-state index in [2.05, 4.69) is 68.4 Å². The average molecular weight is 388 g/mol. The maximum absolute atomic E-state index is 13.2. The van der Waals surface area contributed by atoms with Crippen LogP contribution in [0.5, 0.6) is 0 Å². The first-order chi connectivity index (χ1) is 13.6. The molecule has 0 aliphatic rings. The highest BCUT2D eigenvalue weighted by atomic mass is 31.2. The van der Waals surface area contributed by atoms with Crippen LogP contribution in [-0.2, 0) is 0 Å². The van der Waals surface area contributed by atoms with E-state index in [-0.39, 0.29) is 5.78 Å². The zero-order valence-corrected chi connectivity index (χ0v) is 17.7. The van der Waals surface area contributed by atoms with Gasteiger partial charge in [0.05, 0.1) is 0 Å². The fraction of sp³-hybridized carbons (Fsp3) is 0.231.